The van der Waals surface area contributed by atoms with Crippen LogP contribution in [0.3, 0.4) is 0 Å². The molecule has 2 nitrogen and oxygen atoms in total. The zero-order valence-electron chi connectivity index (χ0n) is 8.13. The van der Waals surface area contributed by atoms with Crippen molar-refractivity contribution >= 4 is 0 Å². The highest BCUT2D eigenvalue weighted by molar-refractivity contribution is 5.49. The number of hydrogen-bond acceptors (Lipinski definition) is 2. The SMILES string of the molecule is COc1c(C)ccc2c1CCC2N. The van der Waals surface area contributed by atoms with E-state index in [1.165, 1.54) is 16.7 Å². The molecule has 1 aromatic rings. The minimum atomic E-state index is 0.212. The van der Waals surface area contributed by atoms with Crippen molar-refractivity contribution in [2.24, 2.45) is 5.73 Å². The van der Waals surface area contributed by atoms with Crippen molar-refractivity contribution in [3.05, 3.63) is 28.8 Å². The minimum Gasteiger partial charge on any atom is -0.496 e. The van der Waals surface area contributed by atoms with Crippen LogP contribution in [0.5, 0.6) is 5.75 Å². The van der Waals surface area contributed by atoms with Gasteiger partial charge in [-0.2, -0.15) is 0 Å². The fourth-order valence-electron chi connectivity index (χ4n) is 2.10. The Morgan fingerprint density at radius 2 is 2.23 bits per heavy atom. The number of nitrogens with two attached hydrogens (primary N) is 1. The summed E-state index contributed by atoms with van der Waals surface area (Å²) >= 11 is 0. The third-order valence-electron chi connectivity index (χ3n) is 2.80. The van der Waals surface area contributed by atoms with E-state index in [0.29, 0.717) is 0 Å². The molecule has 0 amide bonds. The molecule has 2 heteroatoms. The molecular weight excluding hydrogens is 162 g/mol. The van der Waals surface area contributed by atoms with Crippen molar-refractivity contribution in [3.63, 3.8) is 0 Å². The van der Waals surface area contributed by atoms with Gasteiger partial charge in [0.2, 0.25) is 0 Å². The predicted molar refractivity (Wildman–Crippen MR) is 53.0 cm³/mol. The lowest BCUT2D eigenvalue weighted by Gasteiger charge is -2.11. The molecule has 0 fully saturated rings. The first kappa shape index (κ1) is 8.57. The molecule has 0 saturated heterocycles. The van der Waals surface area contributed by atoms with Crippen LogP contribution in [-0.4, -0.2) is 7.11 Å². The second-order valence-electron chi connectivity index (χ2n) is 3.63. The molecule has 0 bridgehead atoms. The lowest BCUT2D eigenvalue weighted by molar-refractivity contribution is 0.407. The highest BCUT2D eigenvalue weighted by Crippen LogP contribution is 2.37. The van der Waals surface area contributed by atoms with E-state index in [2.05, 4.69) is 19.1 Å². The molecule has 70 valence electrons. The maximum absolute atomic E-state index is 5.96. The number of methoxy groups -OCH3 is 1. The van der Waals surface area contributed by atoms with Crippen LogP contribution in [0.2, 0.25) is 0 Å². The summed E-state index contributed by atoms with van der Waals surface area (Å²) < 4.78 is 5.38. The second-order valence-corrected chi connectivity index (χ2v) is 3.63. The summed E-state index contributed by atoms with van der Waals surface area (Å²) in [6, 6.07) is 4.43. The Morgan fingerprint density at radius 1 is 1.46 bits per heavy atom. The van der Waals surface area contributed by atoms with E-state index in [1.54, 1.807) is 7.11 Å². The summed E-state index contributed by atoms with van der Waals surface area (Å²) in [6.07, 6.45) is 2.11. The molecule has 1 unspecified atom stereocenters. The standard InChI is InChI=1S/C11H15NO/c1-7-3-4-8-9(11(7)13-2)5-6-10(8)12/h3-4,10H,5-6,12H2,1-2H3. The molecule has 0 spiro atoms. The van der Waals surface area contributed by atoms with E-state index in [0.717, 1.165) is 18.6 Å². The van der Waals surface area contributed by atoms with Gasteiger partial charge in [0.15, 0.2) is 0 Å². The van der Waals surface area contributed by atoms with Gasteiger partial charge in [0.05, 0.1) is 7.11 Å². The molecule has 0 aromatic heterocycles. The molecule has 2 rings (SSSR count). The highest BCUT2D eigenvalue weighted by Gasteiger charge is 2.22. The Hall–Kier alpha value is -1.02. The molecular formula is C11H15NO. The van der Waals surface area contributed by atoms with Crippen LogP contribution in [0.4, 0.5) is 0 Å². The maximum Gasteiger partial charge on any atom is 0.125 e. The predicted octanol–water partition coefficient (Wildman–Crippen LogP) is 1.95. The fourth-order valence-corrected chi connectivity index (χ4v) is 2.10. The molecule has 1 aliphatic carbocycles. The first-order valence-electron chi connectivity index (χ1n) is 4.66. The number of ether oxygens (including phenoxy) is 1. The average molecular weight is 177 g/mol. The van der Waals surface area contributed by atoms with E-state index < -0.39 is 0 Å². The van der Waals surface area contributed by atoms with Gasteiger partial charge in [-0.3, -0.25) is 0 Å². The van der Waals surface area contributed by atoms with Crippen LogP contribution in [0.1, 0.15) is 29.2 Å². The van der Waals surface area contributed by atoms with Crippen molar-refractivity contribution < 1.29 is 4.74 Å². The molecule has 1 aliphatic rings. The minimum absolute atomic E-state index is 0.212. The summed E-state index contributed by atoms with van der Waals surface area (Å²) in [5.74, 6) is 1.03. The van der Waals surface area contributed by atoms with Gasteiger partial charge >= 0.3 is 0 Å². The van der Waals surface area contributed by atoms with Gasteiger partial charge in [0, 0.05) is 6.04 Å². The average Bonchev–Trinajstić information content (AvgIpc) is 2.48. The van der Waals surface area contributed by atoms with E-state index >= 15 is 0 Å². The number of rotatable bonds is 1. The molecule has 0 heterocycles. The Bertz CT molecular complexity index is 333. The molecule has 0 saturated carbocycles. The van der Waals surface area contributed by atoms with E-state index in [9.17, 15) is 0 Å². The summed E-state index contributed by atoms with van der Waals surface area (Å²) in [6.45, 7) is 2.07. The first-order chi connectivity index (χ1) is 6.24. The van der Waals surface area contributed by atoms with E-state index in [1.807, 2.05) is 0 Å². The molecule has 2 N–H and O–H groups in total. The van der Waals surface area contributed by atoms with Crippen molar-refractivity contribution in [2.75, 3.05) is 7.11 Å². The third kappa shape index (κ3) is 1.22. The van der Waals surface area contributed by atoms with Gasteiger partial charge in [-0.1, -0.05) is 12.1 Å². The van der Waals surface area contributed by atoms with Crippen molar-refractivity contribution in [1.29, 1.82) is 0 Å². The number of hydrogen-bond donors (Lipinski definition) is 1. The van der Waals surface area contributed by atoms with Crippen LogP contribution in [0, 0.1) is 6.92 Å². The van der Waals surface area contributed by atoms with Crippen molar-refractivity contribution in [3.8, 4) is 5.75 Å². The molecule has 0 aliphatic heterocycles. The number of aryl methyl sites for hydroxylation is 1. The van der Waals surface area contributed by atoms with Gasteiger partial charge in [-0.25, -0.2) is 0 Å². The second kappa shape index (κ2) is 3.04. The van der Waals surface area contributed by atoms with Crippen LogP contribution in [0.15, 0.2) is 12.1 Å². The summed E-state index contributed by atoms with van der Waals surface area (Å²) in [7, 11) is 1.73. The van der Waals surface area contributed by atoms with Crippen LogP contribution in [0.25, 0.3) is 0 Å². The zero-order valence-corrected chi connectivity index (χ0v) is 8.13. The largest absolute Gasteiger partial charge is 0.496 e. The maximum atomic E-state index is 5.96. The summed E-state index contributed by atoms with van der Waals surface area (Å²) in [4.78, 5) is 0. The van der Waals surface area contributed by atoms with Crippen LogP contribution < -0.4 is 10.5 Å². The molecule has 0 radical (unpaired) electrons. The fraction of sp³-hybridized carbons (Fsp3) is 0.455. The molecule has 1 aromatic carbocycles. The Kier molecular flexibility index (Phi) is 2.00. The van der Waals surface area contributed by atoms with Gasteiger partial charge in [-0.15, -0.1) is 0 Å². The third-order valence-corrected chi connectivity index (χ3v) is 2.80. The van der Waals surface area contributed by atoms with Gasteiger partial charge < -0.3 is 10.5 Å². The monoisotopic (exact) mass is 177 g/mol. The normalized spacial score (nSPS) is 20.1. The van der Waals surface area contributed by atoms with Crippen molar-refractivity contribution in [1.82, 2.24) is 0 Å². The lowest BCUT2D eigenvalue weighted by atomic mass is 10.0. The quantitative estimate of drug-likeness (QED) is 0.711. The Balaban J connectivity index is 2.57. The topological polar surface area (TPSA) is 35.2 Å². The number of fused-ring (bicyclic) bond motifs is 1. The lowest BCUT2D eigenvalue weighted by Crippen LogP contribution is -2.05. The molecule has 1 atom stereocenters. The number of benzene rings is 1. The summed E-state index contributed by atoms with van der Waals surface area (Å²) in [5, 5.41) is 0. The smallest absolute Gasteiger partial charge is 0.125 e. The van der Waals surface area contributed by atoms with E-state index in [-0.39, 0.29) is 6.04 Å². The van der Waals surface area contributed by atoms with E-state index in [4.69, 9.17) is 10.5 Å². The van der Waals surface area contributed by atoms with Crippen LogP contribution in [-0.2, 0) is 6.42 Å². The zero-order chi connectivity index (χ0) is 9.42. The van der Waals surface area contributed by atoms with Gasteiger partial charge in [-0.05, 0) is 36.5 Å². The molecule has 13 heavy (non-hydrogen) atoms. The summed E-state index contributed by atoms with van der Waals surface area (Å²) in [5.41, 5.74) is 9.75. The first-order valence-corrected chi connectivity index (χ1v) is 4.66. The van der Waals surface area contributed by atoms with Crippen molar-refractivity contribution in [2.45, 2.75) is 25.8 Å². The van der Waals surface area contributed by atoms with Gasteiger partial charge in [0.25, 0.3) is 0 Å². The van der Waals surface area contributed by atoms with Crippen LogP contribution >= 0.6 is 0 Å². The highest BCUT2D eigenvalue weighted by atomic mass is 16.5. The Labute approximate surface area is 78.7 Å². The van der Waals surface area contributed by atoms with Gasteiger partial charge in [0.1, 0.15) is 5.75 Å². The Morgan fingerprint density at radius 3 is 2.92 bits per heavy atom.